The van der Waals surface area contributed by atoms with Crippen LogP contribution in [0.2, 0.25) is 0 Å². The van der Waals surface area contributed by atoms with Crippen LogP contribution in [-0.2, 0) is 11.2 Å². The van der Waals surface area contributed by atoms with E-state index in [1.54, 1.807) is 6.07 Å². The van der Waals surface area contributed by atoms with Gasteiger partial charge in [-0.1, -0.05) is 50.2 Å². The zero-order chi connectivity index (χ0) is 24.5. The van der Waals surface area contributed by atoms with Gasteiger partial charge >= 0.3 is 5.97 Å². The molecule has 1 unspecified atom stereocenters. The third kappa shape index (κ3) is 7.51. The fourth-order valence-electron chi connectivity index (χ4n) is 3.88. The summed E-state index contributed by atoms with van der Waals surface area (Å²) in [5, 5.41) is 24.3. The molecular weight excluding hydrogens is 428 g/mol. The van der Waals surface area contributed by atoms with Gasteiger partial charge in [0.2, 0.25) is 0 Å². The monoisotopic (exact) mass is 462 g/mol. The highest BCUT2D eigenvalue weighted by Crippen LogP contribution is 2.27. The van der Waals surface area contributed by atoms with Gasteiger partial charge in [-0.15, -0.1) is 0 Å². The van der Waals surface area contributed by atoms with Gasteiger partial charge in [-0.05, 0) is 65.6 Å². The van der Waals surface area contributed by atoms with E-state index in [0.717, 1.165) is 33.6 Å². The number of benzene rings is 2. The lowest BCUT2D eigenvalue weighted by atomic mass is 9.88. The number of anilines is 1. The van der Waals surface area contributed by atoms with Crippen LogP contribution in [0.15, 0.2) is 66.9 Å². The standard InChI is InChI=1S/C28H34N2O4/c1-20(2)23-7-9-24(10-8-23)25(19-28(31)32)18-22-5-11-26(12-6-22)34-16-4-14-29-27-17-21(3)13-15-30(27)33/h5-13,15,17,20,25,29H,4,14,16,18-19H2,1-3H3,(H,31,32). The number of carbonyl (C=O) groups is 1. The van der Waals surface area contributed by atoms with Crippen LogP contribution in [0.3, 0.4) is 0 Å². The third-order valence-electron chi connectivity index (χ3n) is 5.87. The largest absolute Gasteiger partial charge is 0.711 e. The molecular formula is C28H34N2O4. The molecule has 2 aromatic carbocycles. The number of carboxylic acids is 1. The predicted octanol–water partition coefficient (Wildman–Crippen LogP) is 5.43. The minimum atomic E-state index is -0.792. The fourth-order valence-corrected chi connectivity index (χ4v) is 3.88. The van der Waals surface area contributed by atoms with Crippen LogP contribution in [0.4, 0.5) is 5.82 Å². The van der Waals surface area contributed by atoms with Crippen LogP contribution in [0.1, 0.15) is 60.8 Å². The molecule has 0 spiro atoms. The Hall–Kier alpha value is -3.54. The van der Waals surface area contributed by atoms with Gasteiger partial charge < -0.3 is 15.1 Å². The van der Waals surface area contributed by atoms with Crippen molar-refractivity contribution in [1.29, 1.82) is 0 Å². The summed E-state index contributed by atoms with van der Waals surface area (Å²) in [7, 11) is 0. The summed E-state index contributed by atoms with van der Waals surface area (Å²) in [4.78, 5) is 11.5. The third-order valence-corrected chi connectivity index (χ3v) is 5.87. The van der Waals surface area contributed by atoms with E-state index in [4.69, 9.17) is 4.74 Å². The van der Waals surface area contributed by atoms with Crippen LogP contribution in [0.5, 0.6) is 5.75 Å². The smallest absolute Gasteiger partial charge is 0.303 e. The quantitative estimate of drug-likeness (QED) is 0.213. The molecule has 2 N–H and O–H groups in total. The SMILES string of the molecule is Cc1cc[n+]([O-])c(NCCCOc2ccc(CC(CC(=O)O)c3ccc(C(C)C)cc3)cc2)c1. The second-order valence-corrected chi connectivity index (χ2v) is 9.01. The molecule has 3 rings (SSSR count). The van der Waals surface area contributed by atoms with Crippen LogP contribution in [0, 0.1) is 12.1 Å². The summed E-state index contributed by atoms with van der Waals surface area (Å²) in [5.74, 6) is 0.885. The van der Waals surface area contributed by atoms with Gasteiger partial charge in [-0.2, -0.15) is 0 Å². The molecule has 1 aromatic heterocycles. The number of hydrogen-bond donors (Lipinski definition) is 2. The topological polar surface area (TPSA) is 85.5 Å². The Labute approximate surface area is 201 Å². The number of ether oxygens (including phenoxy) is 1. The van der Waals surface area contributed by atoms with Crippen molar-refractivity contribution in [2.75, 3.05) is 18.5 Å². The van der Waals surface area contributed by atoms with Crippen molar-refractivity contribution < 1.29 is 19.4 Å². The first-order chi connectivity index (χ1) is 16.3. The van der Waals surface area contributed by atoms with Gasteiger partial charge in [-0.25, -0.2) is 4.73 Å². The van der Waals surface area contributed by atoms with Gasteiger partial charge in [0.25, 0.3) is 5.82 Å². The number of pyridine rings is 1. The Kier molecular flexibility index (Phi) is 8.91. The lowest BCUT2D eigenvalue weighted by molar-refractivity contribution is -0.590. The summed E-state index contributed by atoms with van der Waals surface area (Å²) >= 11 is 0. The molecule has 6 heteroatoms. The Bertz CT molecular complexity index is 1060. The molecule has 0 fully saturated rings. The van der Waals surface area contributed by atoms with Gasteiger partial charge in [0.1, 0.15) is 5.75 Å². The zero-order valence-corrected chi connectivity index (χ0v) is 20.2. The van der Waals surface area contributed by atoms with E-state index in [1.165, 1.54) is 11.8 Å². The molecule has 1 heterocycles. The van der Waals surface area contributed by atoms with Crippen LogP contribution < -0.4 is 14.8 Å². The van der Waals surface area contributed by atoms with E-state index >= 15 is 0 Å². The number of aryl methyl sites for hydroxylation is 1. The normalized spacial score (nSPS) is 11.9. The Morgan fingerprint density at radius 1 is 1.06 bits per heavy atom. The van der Waals surface area contributed by atoms with E-state index in [1.807, 2.05) is 37.3 Å². The molecule has 0 aliphatic heterocycles. The lowest BCUT2D eigenvalue weighted by Crippen LogP contribution is -2.30. The molecule has 3 aromatic rings. The van der Waals surface area contributed by atoms with Crippen LogP contribution in [0.25, 0.3) is 0 Å². The molecule has 0 saturated heterocycles. The van der Waals surface area contributed by atoms with Gasteiger partial charge in [0.05, 0.1) is 25.8 Å². The van der Waals surface area contributed by atoms with E-state index in [0.29, 0.717) is 31.3 Å². The fraction of sp³-hybridized carbons (Fsp3) is 0.357. The highest BCUT2D eigenvalue weighted by molar-refractivity contribution is 5.68. The van der Waals surface area contributed by atoms with Crippen molar-refractivity contribution >= 4 is 11.8 Å². The molecule has 0 amide bonds. The van der Waals surface area contributed by atoms with Crippen molar-refractivity contribution in [3.05, 3.63) is 94.3 Å². The minimum absolute atomic E-state index is 0.0815. The minimum Gasteiger partial charge on any atom is -0.711 e. The number of carboxylic acid groups (broad SMARTS) is 1. The number of aromatic nitrogens is 1. The van der Waals surface area contributed by atoms with Crippen molar-refractivity contribution in [2.45, 2.75) is 51.9 Å². The van der Waals surface area contributed by atoms with Crippen LogP contribution in [-0.4, -0.2) is 24.2 Å². The number of hydrogen-bond acceptors (Lipinski definition) is 4. The maximum absolute atomic E-state index is 11.7. The first-order valence-corrected chi connectivity index (χ1v) is 11.8. The van der Waals surface area contributed by atoms with E-state index in [9.17, 15) is 15.1 Å². The van der Waals surface area contributed by atoms with Crippen molar-refractivity contribution in [2.24, 2.45) is 0 Å². The second-order valence-electron chi connectivity index (χ2n) is 9.01. The Morgan fingerprint density at radius 3 is 2.38 bits per heavy atom. The second kappa shape index (κ2) is 12.1. The highest BCUT2D eigenvalue weighted by Gasteiger charge is 2.17. The maximum Gasteiger partial charge on any atom is 0.303 e. The molecule has 0 aliphatic carbocycles. The molecule has 6 nitrogen and oxygen atoms in total. The Balaban J connectivity index is 1.50. The summed E-state index contributed by atoms with van der Waals surface area (Å²) in [6.45, 7) is 7.41. The van der Waals surface area contributed by atoms with Gasteiger partial charge in [0, 0.05) is 12.5 Å². The highest BCUT2D eigenvalue weighted by atomic mass is 16.5. The summed E-state index contributed by atoms with van der Waals surface area (Å²) in [5.41, 5.74) is 4.41. The average Bonchev–Trinajstić information content (AvgIpc) is 2.81. The number of nitrogens with zero attached hydrogens (tertiary/aromatic N) is 1. The molecule has 34 heavy (non-hydrogen) atoms. The molecule has 0 saturated carbocycles. The van der Waals surface area contributed by atoms with Gasteiger partial charge in [0.15, 0.2) is 0 Å². The molecule has 0 radical (unpaired) electrons. The first-order valence-electron chi connectivity index (χ1n) is 11.8. The molecule has 1 atom stereocenters. The van der Waals surface area contributed by atoms with Crippen molar-refractivity contribution in [3.8, 4) is 5.75 Å². The number of nitrogens with one attached hydrogen (secondary N) is 1. The molecule has 0 aliphatic rings. The maximum atomic E-state index is 11.7. The van der Waals surface area contributed by atoms with Crippen LogP contribution >= 0.6 is 0 Å². The zero-order valence-electron chi connectivity index (χ0n) is 20.2. The average molecular weight is 463 g/mol. The number of aliphatic carboxylic acids is 1. The summed E-state index contributed by atoms with van der Waals surface area (Å²) in [6.07, 6.45) is 3.00. The Morgan fingerprint density at radius 2 is 1.74 bits per heavy atom. The predicted molar refractivity (Wildman–Crippen MR) is 134 cm³/mol. The lowest BCUT2D eigenvalue weighted by Gasteiger charge is -2.17. The summed E-state index contributed by atoms with van der Waals surface area (Å²) in [6, 6.07) is 19.7. The van der Waals surface area contributed by atoms with Crippen molar-refractivity contribution in [3.63, 3.8) is 0 Å². The van der Waals surface area contributed by atoms with Gasteiger partial charge in [-0.3, -0.25) is 10.1 Å². The van der Waals surface area contributed by atoms with E-state index in [2.05, 4.69) is 43.4 Å². The van der Waals surface area contributed by atoms with E-state index < -0.39 is 5.97 Å². The van der Waals surface area contributed by atoms with Crippen molar-refractivity contribution in [1.82, 2.24) is 0 Å². The molecule has 0 bridgehead atoms. The molecule has 180 valence electrons. The number of rotatable bonds is 12. The summed E-state index contributed by atoms with van der Waals surface area (Å²) < 4.78 is 6.65. The first kappa shape index (κ1) is 25.1. The van der Waals surface area contributed by atoms with E-state index in [-0.39, 0.29) is 12.3 Å².